The Morgan fingerprint density at radius 3 is 2.58 bits per heavy atom. The van der Waals surface area contributed by atoms with E-state index in [1.54, 1.807) is 19.2 Å². The lowest BCUT2D eigenvalue weighted by Gasteiger charge is -2.25. The van der Waals surface area contributed by atoms with E-state index in [1.165, 1.54) is 0 Å². The van der Waals surface area contributed by atoms with Gasteiger partial charge in [-0.2, -0.15) is 4.98 Å². The Kier molecular flexibility index (Phi) is 5.20. The third-order valence-electron chi connectivity index (χ3n) is 4.63. The molecule has 26 heavy (non-hydrogen) atoms. The van der Waals surface area contributed by atoms with E-state index in [-0.39, 0.29) is 18.7 Å². The quantitative estimate of drug-likeness (QED) is 0.778. The summed E-state index contributed by atoms with van der Waals surface area (Å²) in [6.45, 7) is 0. The number of aryl methyl sites for hydroxylation is 1. The van der Waals surface area contributed by atoms with E-state index in [0.29, 0.717) is 24.6 Å². The fourth-order valence-electron chi connectivity index (χ4n) is 3.13. The largest absolute Gasteiger partial charge is 0.497 e. The number of hydrogen-bond donors (Lipinski definition) is 2. The molecule has 1 aromatic heterocycles. The van der Waals surface area contributed by atoms with Gasteiger partial charge < -0.3 is 19.7 Å². The van der Waals surface area contributed by atoms with Crippen molar-refractivity contribution < 1.29 is 24.0 Å². The highest BCUT2D eigenvalue weighted by molar-refractivity contribution is 5.87. The molecule has 8 nitrogen and oxygen atoms in total. The van der Waals surface area contributed by atoms with Crippen LogP contribution < -0.4 is 10.1 Å². The molecule has 0 atom stereocenters. The van der Waals surface area contributed by atoms with Crippen molar-refractivity contribution in [2.45, 2.75) is 44.1 Å². The highest BCUT2D eigenvalue weighted by Gasteiger charge is 2.42. The zero-order valence-corrected chi connectivity index (χ0v) is 14.5. The van der Waals surface area contributed by atoms with Crippen LogP contribution >= 0.6 is 0 Å². The van der Waals surface area contributed by atoms with Crippen molar-refractivity contribution >= 4 is 11.9 Å². The Morgan fingerprint density at radius 2 is 1.96 bits per heavy atom. The standard InChI is InChI=1S/C18H21N3O5/c1-25-13-6-4-12(5-7-13)16-19-15(26-21-16)9-8-14(22)20-18(17(23)24)10-2-3-11-18/h4-7H,2-3,8-11H2,1H3,(H,20,22)(H,23,24). The number of carboxylic acids is 1. The maximum Gasteiger partial charge on any atom is 0.329 e. The predicted molar refractivity (Wildman–Crippen MR) is 91.6 cm³/mol. The minimum absolute atomic E-state index is 0.0965. The smallest absolute Gasteiger partial charge is 0.329 e. The van der Waals surface area contributed by atoms with Crippen LogP contribution in [0.15, 0.2) is 28.8 Å². The summed E-state index contributed by atoms with van der Waals surface area (Å²) in [5.41, 5.74) is -0.346. The molecule has 0 aliphatic heterocycles. The minimum atomic E-state index is -1.12. The molecule has 1 aliphatic carbocycles. The van der Waals surface area contributed by atoms with E-state index >= 15 is 0 Å². The Labute approximate surface area is 150 Å². The number of aliphatic carboxylic acids is 1. The number of ether oxygens (including phenoxy) is 1. The number of rotatable bonds is 7. The molecular formula is C18H21N3O5. The monoisotopic (exact) mass is 359 g/mol. The van der Waals surface area contributed by atoms with Crippen LogP contribution in [0.5, 0.6) is 5.75 Å². The Morgan fingerprint density at radius 1 is 1.27 bits per heavy atom. The molecule has 2 aromatic rings. The number of carbonyl (C=O) groups excluding carboxylic acids is 1. The van der Waals surface area contributed by atoms with Crippen LogP contribution in [0.4, 0.5) is 0 Å². The lowest BCUT2D eigenvalue weighted by atomic mass is 9.97. The van der Waals surface area contributed by atoms with Crippen molar-refractivity contribution in [2.24, 2.45) is 0 Å². The molecule has 1 saturated carbocycles. The number of carbonyl (C=O) groups is 2. The molecule has 0 saturated heterocycles. The Bertz CT molecular complexity index is 778. The van der Waals surface area contributed by atoms with Gasteiger partial charge in [-0.3, -0.25) is 4.79 Å². The number of nitrogens with one attached hydrogen (secondary N) is 1. The van der Waals surface area contributed by atoms with Crippen molar-refractivity contribution in [3.8, 4) is 17.1 Å². The first-order chi connectivity index (χ1) is 12.5. The molecule has 1 aromatic carbocycles. The number of amides is 1. The van der Waals surface area contributed by atoms with Crippen LogP contribution in [0.25, 0.3) is 11.4 Å². The number of hydrogen-bond acceptors (Lipinski definition) is 6. The molecule has 1 aliphatic rings. The summed E-state index contributed by atoms with van der Waals surface area (Å²) >= 11 is 0. The second-order valence-corrected chi connectivity index (χ2v) is 6.38. The van der Waals surface area contributed by atoms with Gasteiger partial charge in [0.05, 0.1) is 7.11 Å². The highest BCUT2D eigenvalue weighted by atomic mass is 16.5. The fourth-order valence-corrected chi connectivity index (χ4v) is 3.13. The van der Waals surface area contributed by atoms with E-state index in [1.807, 2.05) is 12.1 Å². The summed E-state index contributed by atoms with van der Waals surface area (Å²) in [5, 5.41) is 16.0. The molecule has 1 amide bonds. The molecular weight excluding hydrogens is 338 g/mol. The molecule has 0 unspecified atom stereocenters. The van der Waals surface area contributed by atoms with Crippen molar-refractivity contribution in [3.05, 3.63) is 30.2 Å². The van der Waals surface area contributed by atoms with Crippen LogP contribution in [0.2, 0.25) is 0 Å². The zero-order chi connectivity index (χ0) is 18.6. The first-order valence-corrected chi connectivity index (χ1v) is 8.54. The van der Waals surface area contributed by atoms with Gasteiger partial charge in [0.1, 0.15) is 11.3 Å². The molecule has 0 bridgehead atoms. The lowest BCUT2D eigenvalue weighted by Crippen LogP contribution is -2.52. The van der Waals surface area contributed by atoms with E-state index < -0.39 is 11.5 Å². The summed E-state index contributed by atoms with van der Waals surface area (Å²) in [5.74, 6) is 0.206. The van der Waals surface area contributed by atoms with Gasteiger partial charge in [0.2, 0.25) is 17.6 Å². The summed E-state index contributed by atoms with van der Waals surface area (Å²) in [4.78, 5) is 27.9. The highest BCUT2D eigenvalue weighted by Crippen LogP contribution is 2.30. The molecule has 2 N–H and O–H groups in total. The third-order valence-corrected chi connectivity index (χ3v) is 4.63. The lowest BCUT2D eigenvalue weighted by molar-refractivity contribution is -0.147. The van der Waals surface area contributed by atoms with E-state index in [9.17, 15) is 14.7 Å². The SMILES string of the molecule is COc1ccc(-c2noc(CCC(=O)NC3(C(=O)O)CCCC3)n2)cc1. The second kappa shape index (κ2) is 7.55. The van der Waals surface area contributed by atoms with Crippen molar-refractivity contribution in [1.82, 2.24) is 15.5 Å². The van der Waals surface area contributed by atoms with Gasteiger partial charge in [-0.15, -0.1) is 0 Å². The van der Waals surface area contributed by atoms with Gasteiger partial charge in [-0.25, -0.2) is 4.79 Å². The summed E-state index contributed by atoms with van der Waals surface area (Å²) in [6.07, 6.45) is 2.90. The molecule has 1 heterocycles. The number of nitrogens with zero attached hydrogens (tertiary/aromatic N) is 2. The number of aromatic nitrogens is 2. The van der Waals surface area contributed by atoms with Crippen LogP contribution in [-0.4, -0.2) is 39.8 Å². The maximum absolute atomic E-state index is 12.2. The van der Waals surface area contributed by atoms with Crippen LogP contribution in [0.3, 0.4) is 0 Å². The maximum atomic E-state index is 12.2. The van der Waals surface area contributed by atoms with E-state index in [4.69, 9.17) is 9.26 Å². The topological polar surface area (TPSA) is 115 Å². The van der Waals surface area contributed by atoms with E-state index in [0.717, 1.165) is 24.2 Å². The van der Waals surface area contributed by atoms with Gasteiger partial charge in [0, 0.05) is 18.4 Å². The van der Waals surface area contributed by atoms with Gasteiger partial charge in [0.15, 0.2) is 0 Å². The molecule has 3 rings (SSSR count). The van der Waals surface area contributed by atoms with Gasteiger partial charge >= 0.3 is 5.97 Å². The van der Waals surface area contributed by atoms with Crippen molar-refractivity contribution in [2.75, 3.05) is 7.11 Å². The van der Waals surface area contributed by atoms with E-state index in [2.05, 4.69) is 15.5 Å². The third kappa shape index (κ3) is 3.84. The van der Waals surface area contributed by atoms with Crippen LogP contribution in [0, 0.1) is 0 Å². The first kappa shape index (κ1) is 17.9. The van der Waals surface area contributed by atoms with Gasteiger partial charge in [-0.05, 0) is 37.1 Å². The minimum Gasteiger partial charge on any atom is -0.497 e. The summed E-state index contributed by atoms with van der Waals surface area (Å²) < 4.78 is 10.3. The van der Waals surface area contributed by atoms with Crippen molar-refractivity contribution in [1.29, 1.82) is 0 Å². The summed E-state index contributed by atoms with van der Waals surface area (Å²) in [6, 6.07) is 7.23. The van der Waals surface area contributed by atoms with Gasteiger partial charge in [-0.1, -0.05) is 18.0 Å². The Hall–Kier alpha value is -2.90. The molecule has 0 spiro atoms. The zero-order valence-electron chi connectivity index (χ0n) is 14.5. The number of benzene rings is 1. The normalized spacial score (nSPS) is 15.6. The molecule has 0 radical (unpaired) electrons. The fraction of sp³-hybridized carbons (Fsp3) is 0.444. The molecule has 1 fully saturated rings. The van der Waals surface area contributed by atoms with Crippen LogP contribution in [-0.2, 0) is 16.0 Å². The number of carboxylic acid groups (broad SMARTS) is 1. The molecule has 138 valence electrons. The van der Waals surface area contributed by atoms with Gasteiger partial charge in [0.25, 0.3) is 0 Å². The predicted octanol–water partition coefficient (Wildman–Crippen LogP) is 2.19. The van der Waals surface area contributed by atoms with Crippen LogP contribution in [0.1, 0.15) is 38.0 Å². The first-order valence-electron chi connectivity index (χ1n) is 8.54. The average molecular weight is 359 g/mol. The van der Waals surface area contributed by atoms with Crippen molar-refractivity contribution in [3.63, 3.8) is 0 Å². The second-order valence-electron chi connectivity index (χ2n) is 6.38. The number of methoxy groups -OCH3 is 1. The summed E-state index contributed by atoms with van der Waals surface area (Å²) in [7, 11) is 1.59. The molecule has 8 heteroatoms. The average Bonchev–Trinajstić information content (AvgIpc) is 3.30. The Balaban J connectivity index is 1.57.